The van der Waals surface area contributed by atoms with Gasteiger partial charge in [0.1, 0.15) is 0 Å². The van der Waals surface area contributed by atoms with Crippen molar-refractivity contribution in [2.75, 3.05) is 5.32 Å². The molecule has 102 valence electrons. The number of hydrogen-bond donors (Lipinski definition) is 1. The van der Waals surface area contributed by atoms with Gasteiger partial charge in [-0.15, -0.1) is 0 Å². The minimum absolute atomic E-state index is 0.532. The Morgan fingerprint density at radius 1 is 1.37 bits per heavy atom. The van der Waals surface area contributed by atoms with Gasteiger partial charge in [0.2, 0.25) is 0 Å². The van der Waals surface area contributed by atoms with Gasteiger partial charge in [-0.1, -0.05) is 37.6 Å². The van der Waals surface area contributed by atoms with E-state index in [2.05, 4.69) is 48.5 Å². The lowest BCUT2D eigenvalue weighted by atomic mass is 10.0. The number of nitrogens with zero attached hydrogens (tertiary/aromatic N) is 2. The lowest BCUT2D eigenvalue weighted by Crippen LogP contribution is -2.06. The van der Waals surface area contributed by atoms with Crippen molar-refractivity contribution in [3.8, 4) is 0 Å². The second kappa shape index (κ2) is 5.66. The van der Waals surface area contributed by atoms with Gasteiger partial charge in [-0.05, 0) is 30.5 Å². The zero-order chi connectivity index (χ0) is 14.0. The number of benzene rings is 1. The first-order chi connectivity index (χ1) is 8.99. The molecule has 0 saturated heterocycles. The van der Waals surface area contributed by atoms with Crippen LogP contribution in [0.25, 0.3) is 0 Å². The van der Waals surface area contributed by atoms with Crippen molar-refractivity contribution in [1.82, 2.24) is 9.78 Å². The van der Waals surface area contributed by atoms with Crippen molar-refractivity contribution in [3.63, 3.8) is 0 Å². The Balaban J connectivity index is 2.12. The van der Waals surface area contributed by atoms with Gasteiger partial charge in [0.05, 0.1) is 23.0 Å². The van der Waals surface area contributed by atoms with E-state index in [1.54, 1.807) is 0 Å². The van der Waals surface area contributed by atoms with E-state index in [0.717, 1.165) is 22.1 Å². The summed E-state index contributed by atoms with van der Waals surface area (Å²) in [5.41, 5.74) is 4.32. The van der Waals surface area contributed by atoms with Gasteiger partial charge in [0.25, 0.3) is 0 Å². The largest absolute Gasteiger partial charge is 0.379 e. The van der Waals surface area contributed by atoms with Gasteiger partial charge < -0.3 is 5.32 Å². The molecule has 19 heavy (non-hydrogen) atoms. The smallest absolute Gasteiger partial charge is 0.0865 e. The molecule has 1 aromatic carbocycles. The van der Waals surface area contributed by atoms with E-state index in [1.165, 1.54) is 5.56 Å². The molecular formula is C15H20ClN3. The normalized spacial score (nSPS) is 11.1. The highest BCUT2D eigenvalue weighted by atomic mass is 35.5. The Morgan fingerprint density at radius 3 is 2.68 bits per heavy atom. The van der Waals surface area contributed by atoms with Crippen LogP contribution in [0, 0.1) is 6.92 Å². The van der Waals surface area contributed by atoms with Crippen LogP contribution in [0.4, 0.5) is 5.69 Å². The zero-order valence-corrected chi connectivity index (χ0v) is 12.6. The Labute approximate surface area is 119 Å². The second-order valence-electron chi connectivity index (χ2n) is 5.10. The third kappa shape index (κ3) is 3.10. The highest BCUT2D eigenvalue weighted by Crippen LogP contribution is 2.22. The van der Waals surface area contributed by atoms with E-state index in [4.69, 9.17) is 11.6 Å². The highest BCUT2D eigenvalue weighted by Gasteiger charge is 2.10. The number of aryl methyl sites for hydroxylation is 2. The first-order valence-electron chi connectivity index (χ1n) is 6.51. The number of anilines is 1. The van der Waals surface area contributed by atoms with Gasteiger partial charge in [-0.25, -0.2) is 0 Å². The summed E-state index contributed by atoms with van der Waals surface area (Å²) in [4.78, 5) is 0. The van der Waals surface area contributed by atoms with E-state index in [9.17, 15) is 0 Å². The highest BCUT2D eigenvalue weighted by molar-refractivity contribution is 6.31. The maximum absolute atomic E-state index is 6.24. The van der Waals surface area contributed by atoms with Crippen LogP contribution in [0.1, 0.15) is 36.7 Å². The van der Waals surface area contributed by atoms with Crippen LogP contribution in [-0.2, 0) is 13.6 Å². The standard InChI is InChI=1S/C15H20ClN3/c1-10(2)12-6-5-7-13(8-12)17-9-14-15(16)11(3)18-19(14)4/h5-8,10,17H,9H2,1-4H3. The van der Waals surface area contributed by atoms with Crippen LogP contribution in [0.5, 0.6) is 0 Å². The van der Waals surface area contributed by atoms with Gasteiger partial charge in [0.15, 0.2) is 0 Å². The topological polar surface area (TPSA) is 29.9 Å². The molecular weight excluding hydrogens is 258 g/mol. The van der Waals surface area contributed by atoms with Crippen molar-refractivity contribution in [1.29, 1.82) is 0 Å². The summed E-state index contributed by atoms with van der Waals surface area (Å²) in [6.45, 7) is 6.99. The third-order valence-corrected chi connectivity index (χ3v) is 3.77. The maximum Gasteiger partial charge on any atom is 0.0865 e. The molecule has 1 heterocycles. The van der Waals surface area contributed by atoms with Crippen LogP contribution in [0.15, 0.2) is 24.3 Å². The van der Waals surface area contributed by atoms with Crippen LogP contribution in [0.2, 0.25) is 5.02 Å². The molecule has 0 bridgehead atoms. The molecule has 0 aliphatic carbocycles. The molecule has 4 heteroatoms. The van der Waals surface area contributed by atoms with Crippen molar-refractivity contribution in [2.45, 2.75) is 33.2 Å². The summed E-state index contributed by atoms with van der Waals surface area (Å²) in [5, 5.41) is 8.46. The summed E-state index contributed by atoms with van der Waals surface area (Å²) < 4.78 is 1.83. The van der Waals surface area contributed by atoms with Crippen LogP contribution in [0.3, 0.4) is 0 Å². The van der Waals surface area contributed by atoms with Gasteiger partial charge in [0, 0.05) is 12.7 Å². The number of aromatic nitrogens is 2. The quantitative estimate of drug-likeness (QED) is 0.911. The Hall–Kier alpha value is -1.48. The summed E-state index contributed by atoms with van der Waals surface area (Å²) in [6, 6.07) is 8.48. The van der Waals surface area contributed by atoms with Gasteiger partial charge >= 0.3 is 0 Å². The Kier molecular flexibility index (Phi) is 4.15. The molecule has 3 nitrogen and oxygen atoms in total. The van der Waals surface area contributed by atoms with Crippen molar-refractivity contribution >= 4 is 17.3 Å². The lowest BCUT2D eigenvalue weighted by molar-refractivity contribution is 0.713. The van der Waals surface area contributed by atoms with E-state index >= 15 is 0 Å². The molecule has 0 aliphatic rings. The maximum atomic E-state index is 6.24. The minimum Gasteiger partial charge on any atom is -0.379 e. The molecule has 2 aromatic rings. The summed E-state index contributed by atoms with van der Waals surface area (Å²) >= 11 is 6.24. The van der Waals surface area contributed by atoms with Crippen molar-refractivity contribution < 1.29 is 0 Å². The van der Waals surface area contributed by atoms with Crippen LogP contribution >= 0.6 is 11.6 Å². The minimum atomic E-state index is 0.532. The van der Waals surface area contributed by atoms with E-state index in [1.807, 2.05) is 18.7 Å². The molecule has 2 rings (SSSR count). The lowest BCUT2D eigenvalue weighted by Gasteiger charge is -2.11. The van der Waals surface area contributed by atoms with Crippen LogP contribution in [-0.4, -0.2) is 9.78 Å². The van der Waals surface area contributed by atoms with E-state index in [-0.39, 0.29) is 0 Å². The number of rotatable bonds is 4. The average Bonchev–Trinajstić information content (AvgIpc) is 2.61. The predicted molar refractivity (Wildman–Crippen MR) is 80.8 cm³/mol. The van der Waals surface area contributed by atoms with Gasteiger partial charge in [-0.3, -0.25) is 4.68 Å². The monoisotopic (exact) mass is 277 g/mol. The fourth-order valence-electron chi connectivity index (χ4n) is 2.07. The molecule has 0 spiro atoms. The second-order valence-corrected chi connectivity index (χ2v) is 5.48. The number of halogens is 1. The first kappa shape index (κ1) is 13.9. The predicted octanol–water partition coefficient (Wildman–Crippen LogP) is 4.12. The Bertz CT molecular complexity index is 573. The SMILES string of the molecule is Cc1nn(C)c(CNc2cccc(C(C)C)c2)c1Cl. The molecule has 0 fully saturated rings. The fourth-order valence-corrected chi connectivity index (χ4v) is 2.29. The molecule has 0 amide bonds. The average molecular weight is 278 g/mol. The van der Waals surface area contributed by atoms with Crippen molar-refractivity contribution in [2.24, 2.45) is 7.05 Å². The molecule has 0 aliphatic heterocycles. The third-order valence-electron chi connectivity index (χ3n) is 3.27. The summed E-state index contributed by atoms with van der Waals surface area (Å²) in [6.07, 6.45) is 0. The number of nitrogens with one attached hydrogen (secondary N) is 1. The van der Waals surface area contributed by atoms with E-state index in [0.29, 0.717) is 12.5 Å². The first-order valence-corrected chi connectivity index (χ1v) is 6.88. The fraction of sp³-hybridized carbons (Fsp3) is 0.400. The molecule has 0 saturated carbocycles. The molecule has 0 atom stereocenters. The van der Waals surface area contributed by atoms with Crippen LogP contribution < -0.4 is 5.32 Å². The van der Waals surface area contributed by atoms with Crippen molar-refractivity contribution in [3.05, 3.63) is 46.2 Å². The number of hydrogen-bond acceptors (Lipinski definition) is 2. The summed E-state index contributed by atoms with van der Waals surface area (Å²) in [5.74, 6) is 0.532. The Morgan fingerprint density at radius 2 is 2.11 bits per heavy atom. The summed E-state index contributed by atoms with van der Waals surface area (Å²) in [7, 11) is 1.92. The zero-order valence-electron chi connectivity index (χ0n) is 11.9. The van der Waals surface area contributed by atoms with Gasteiger partial charge in [-0.2, -0.15) is 5.10 Å². The molecule has 1 aromatic heterocycles. The molecule has 1 N–H and O–H groups in total. The molecule has 0 unspecified atom stereocenters. The molecule has 0 radical (unpaired) electrons. The van der Waals surface area contributed by atoms with E-state index < -0.39 is 0 Å².